The van der Waals surface area contributed by atoms with Gasteiger partial charge in [-0.3, -0.25) is 0 Å². The van der Waals surface area contributed by atoms with Crippen molar-refractivity contribution in [3.05, 3.63) is 106 Å². The Morgan fingerprint density at radius 2 is 1.27 bits per heavy atom. The van der Waals surface area contributed by atoms with Gasteiger partial charge in [-0.15, -0.1) is 0 Å². The molecule has 3 aromatic carbocycles. The molecule has 0 N–H and O–H groups in total. The van der Waals surface area contributed by atoms with E-state index in [-0.39, 0.29) is 0 Å². The number of halogens is 1. The van der Waals surface area contributed by atoms with Gasteiger partial charge >= 0.3 is 165 Å². The molecular formula is C24H17ClSe. The van der Waals surface area contributed by atoms with Crippen molar-refractivity contribution < 1.29 is 0 Å². The van der Waals surface area contributed by atoms with Crippen LogP contribution < -0.4 is 0 Å². The zero-order valence-corrected chi connectivity index (χ0v) is 16.6. The minimum absolute atomic E-state index is 0.326. The van der Waals surface area contributed by atoms with Gasteiger partial charge < -0.3 is 0 Å². The molecule has 4 aromatic rings. The molecule has 0 saturated carbocycles. The Morgan fingerprint density at radius 3 is 1.92 bits per heavy atom. The summed E-state index contributed by atoms with van der Waals surface area (Å²) in [7, 11) is 0. The van der Waals surface area contributed by atoms with E-state index in [0.29, 0.717) is 14.5 Å². The summed E-state index contributed by atoms with van der Waals surface area (Å²) in [5.74, 6) is 0. The topological polar surface area (TPSA) is 0 Å². The van der Waals surface area contributed by atoms with Crippen molar-refractivity contribution in [2.24, 2.45) is 0 Å². The Balaban J connectivity index is 1.80. The fraction of sp³-hybridized carbons (Fsp3) is 0. The normalized spacial score (nSPS) is 11.1. The molecule has 0 atom stereocenters. The van der Waals surface area contributed by atoms with Crippen LogP contribution in [0.5, 0.6) is 0 Å². The maximum absolute atomic E-state index is 5.99. The molecule has 126 valence electrons. The van der Waals surface area contributed by atoms with Crippen molar-refractivity contribution in [1.82, 2.24) is 0 Å². The molecule has 26 heavy (non-hydrogen) atoms. The molecule has 0 saturated heterocycles. The molecule has 0 spiro atoms. The molecule has 0 aliphatic carbocycles. The molecular weight excluding hydrogens is 403 g/mol. The maximum atomic E-state index is 5.99. The first-order valence-electron chi connectivity index (χ1n) is 8.47. The SMILES string of the molecule is Clc1ccc(/C=C/c2c[se]c(-c3ccccc3)c2-c2ccccc2)cc1. The second-order valence-electron chi connectivity index (χ2n) is 6.01. The monoisotopic (exact) mass is 420 g/mol. The van der Waals surface area contributed by atoms with Gasteiger partial charge in [0.05, 0.1) is 0 Å². The standard InChI is InChI=1S/C24H17ClSe/c25-22-15-12-18(13-16-22)11-14-21-17-26-24(20-9-5-2-6-10-20)23(21)19-7-3-1-4-8-19/h1-17H/b14-11+. The summed E-state index contributed by atoms with van der Waals surface area (Å²) in [6.45, 7) is 0. The van der Waals surface area contributed by atoms with E-state index in [2.05, 4.69) is 77.8 Å². The van der Waals surface area contributed by atoms with Crippen LogP contribution in [0.1, 0.15) is 11.1 Å². The number of benzene rings is 3. The number of rotatable bonds is 4. The summed E-state index contributed by atoms with van der Waals surface area (Å²) in [5.41, 5.74) is 6.39. The van der Waals surface area contributed by atoms with E-state index in [1.54, 1.807) is 0 Å². The van der Waals surface area contributed by atoms with E-state index in [9.17, 15) is 0 Å². The predicted molar refractivity (Wildman–Crippen MR) is 115 cm³/mol. The van der Waals surface area contributed by atoms with Crippen molar-refractivity contribution >= 4 is 38.3 Å². The minimum atomic E-state index is 0.326. The first-order chi connectivity index (χ1) is 12.8. The van der Waals surface area contributed by atoms with Crippen LogP contribution in [0.15, 0.2) is 89.9 Å². The van der Waals surface area contributed by atoms with Crippen molar-refractivity contribution in [1.29, 1.82) is 0 Å². The molecule has 0 radical (unpaired) electrons. The summed E-state index contributed by atoms with van der Waals surface area (Å²) >= 11 is 6.31. The molecule has 0 unspecified atom stereocenters. The molecule has 1 aromatic heterocycles. The first-order valence-corrected chi connectivity index (χ1v) is 10.7. The predicted octanol–water partition coefficient (Wildman–Crippen LogP) is 6.90. The first kappa shape index (κ1) is 17.1. The Labute approximate surface area is 165 Å². The molecule has 1 heterocycles. The van der Waals surface area contributed by atoms with E-state index in [4.69, 9.17) is 11.6 Å². The number of hydrogen-bond acceptors (Lipinski definition) is 0. The average Bonchev–Trinajstić information content (AvgIpc) is 3.13. The quantitative estimate of drug-likeness (QED) is 0.315. The van der Waals surface area contributed by atoms with Crippen LogP contribution in [-0.2, 0) is 0 Å². The van der Waals surface area contributed by atoms with Crippen LogP contribution in [0.3, 0.4) is 0 Å². The van der Waals surface area contributed by atoms with Gasteiger partial charge in [0, 0.05) is 0 Å². The molecule has 4 rings (SSSR count). The second kappa shape index (κ2) is 7.93. The van der Waals surface area contributed by atoms with Gasteiger partial charge in [-0.25, -0.2) is 0 Å². The Hall–Kier alpha value is -2.31. The zero-order chi connectivity index (χ0) is 17.8. The van der Waals surface area contributed by atoms with E-state index < -0.39 is 0 Å². The molecule has 0 nitrogen and oxygen atoms in total. The Kier molecular flexibility index (Phi) is 5.22. The van der Waals surface area contributed by atoms with Crippen molar-refractivity contribution in [2.75, 3.05) is 0 Å². The fourth-order valence-electron chi connectivity index (χ4n) is 2.96. The van der Waals surface area contributed by atoms with Gasteiger partial charge in [-0.2, -0.15) is 0 Å². The fourth-order valence-corrected chi connectivity index (χ4v) is 5.32. The van der Waals surface area contributed by atoms with Crippen LogP contribution in [0.25, 0.3) is 33.3 Å². The molecule has 0 aliphatic rings. The molecule has 0 aliphatic heterocycles. The van der Waals surface area contributed by atoms with Crippen LogP contribution in [0.4, 0.5) is 0 Å². The summed E-state index contributed by atoms with van der Waals surface area (Å²) in [6.07, 6.45) is 4.39. The van der Waals surface area contributed by atoms with E-state index in [0.717, 1.165) is 10.6 Å². The van der Waals surface area contributed by atoms with Crippen LogP contribution >= 0.6 is 11.6 Å². The van der Waals surface area contributed by atoms with Gasteiger partial charge in [-0.05, 0) is 0 Å². The van der Waals surface area contributed by atoms with Gasteiger partial charge in [0.15, 0.2) is 0 Å². The van der Waals surface area contributed by atoms with E-state index in [1.165, 1.54) is 26.7 Å². The zero-order valence-electron chi connectivity index (χ0n) is 14.1. The second-order valence-corrected chi connectivity index (χ2v) is 8.29. The van der Waals surface area contributed by atoms with Crippen molar-refractivity contribution in [3.63, 3.8) is 0 Å². The van der Waals surface area contributed by atoms with Gasteiger partial charge in [0.25, 0.3) is 0 Å². The summed E-state index contributed by atoms with van der Waals surface area (Å²) in [6, 6.07) is 29.3. The molecule has 0 bridgehead atoms. The van der Waals surface area contributed by atoms with Gasteiger partial charge in [-0.1, -0.05) is 0 Å². The molecule has 2 heteroatoms. The third-order valence-corrected chi connectivity index (χ3v) is 6.69. The van der Waals surface area contributed by atoms with Gasteiger partial charge in [0.1, 0.15) is 0 Å². The van der Waals surface area contributed by atoms with Crippen molar-refractivity contribution in [3.8, 4) is 21.1 Å². The molecule has 0 fully saturated rings. The van der Waals surface area contributed by atoms with Crippen LogP contribution in [0, 0.1) is 0 Å². The van der Waals surface area contributed by atoms with Crippen LogP contribution in [-0.4, -0.2) is 14.5 Å². The van der Waals surface area contributed by atoms with E-state index in [1.807, 2.05) is 24.3 Å². The molecule has 0 amide bonds. The van der Waals surface area contributed by atoms with Crippen LogP contribution in [0.2, 0.25) is 5.02 Å². The third-order valence-electron chi connectivity index (χ3n) is 4.24. The number of hydrogen-bond donors (Lipinski definition) is 0. The Bertz CT molecular complexity index is 1010. The summed E-state index contributed by atoms with van der Waals surface area (Å²) < 4.78 is 1.44. The summed E-state index contributed by atoms with van der Waals surface area (Å²) in [4.78, 5) is 2.38. The van der Waals surface area contributed by atoms with E-state index >= 15 is 0 Å². The van der Waals surface area contributed by atoms with Crippen molar-refractivity contribution in [2.45, 2.75) is 0 Å². The summed E-state index contributed by atoms with van der Waals surface area (Å²) in [5, 5.41) is 0.766. The average molecular weight is 420 g/mol. The third kappa shape index (κ3) is 3.76. The van der Waals surface area contributed by atoms with Gasteiger partial charge in [0.2, 0.25) is 0 Å². The Morgan fingerprint density at radius 1 is 0.654 bits per heavy atom.